The molecule has 0 radical (unpaired) electrons. The molecular weight excluding hydrogens is 274 g/mol. The number of likely N-dealkylation sites (tertiary alicyclic amines) is 1. The summed E-state index contributed by atoms with van der Waals surface area (Å²) in [5.41, 5.74) is 2.36. The van der Waals surface area contributed by atoms with Crippen molar-refractivity contribution >= 4 is 5.91 Å². The molecular formula is C18H21N3O. The number of nitrogens with zero attached hydrogens (tertiary/aromatic N) is 3. The molecule has 3 rings (SSSR count). The average Bonchev–Trinajstić information content (AvgIpc) is 2.82. The van der Waals surface area contributed by atoms with Crippen LogP contribution in [0.2, 0.25) is 0 Å². The molecule has 1 amide bonds. The van der Waals surface area contributed by atoms with E-state index in [4.69, 9.17) is 0 Å². The molecule has 22 heavy (non-hydrogen) atoms. The summed E-state index contributed by atoms with van der Waals surface area (Å²) in [6.07, 6.45) is 2.44. The fourth-order valence-corrected chi connectivity index (χ4v) is 3.42. The number of carbonyl (C=O) groups excluding carboxylic acids is 1. The first kappa shape index (κ1) is 14.7. The molecule has 4 nitrogen and oxygen atoms in total. The van der Waals surface area contributed by atoms with Crippen molar-refractivity contribution in [1.29, 1.82) is 0 Å². The maximum atomic E-state index is 12.8. The van der Waals surface area contributed by atoms with Gasteiger partial charge in [0.2, 0.25) is 0 Å². The lowest BCUT2D eigenvalue weighted by molar-refractivity contribution is 0.0629. The van der Waals surface area contributed by atoms with E-state index in [2.05, 4.69) is 48.1 Å². The van der Waals surface area contributed by atoms with Gasteiger partial charge in [-0.3, -0.25) is 4.79 Å². The SMILES string of the molecule is Cc1cc(C(=O)N2CCC(c3ccccc3)C2(C)C)ncn1. The summed E-state index contributed by atoms with van der Waals surface area (Å²) in [5.74, 6) is 0.342. The summed E-state index contributed by atoms with van der Waals surface area (Å²) in [4.78, 5) is 23.0. The number of aryl methyl sites for hydroxylation is 1. The molecule has 1 atom stereocenters. The second kappa shape index (κ2) is 5.52. The third kappa shape index (κ3) is 2.49. The van der Waals surface area contributed by atoms with Crippen LogP contribution in [0.25, 0.3) is 0 Å². The van der Waals surface area contributed by atoms with Crippen molar-refractivity contribution in [3.63, 3.8) is 0 Å². The smallest absolute Gasteiger partial charge is 0.273 e. The Bertz CT molecular complexity index is 682. The highest BCUT2D eigenvalue weighted by Crippen LogP contribution is 2.42. The van der Waals surface area contributed by atoms with Crippen LogP contribution >= 0.6 is 0 Å². The highest BCUT2D eigenvalue weighted by atomic mass is 16.2. The van der Waals surface area contributed by atoms with Crippen LogP contribution in [-0.4, -0.2) is 32.9 Å². The van der Waals surface area contributed by atoms with Gasteiger partial charge in [-0.1, -0.05) is 30.3 Å². The zero-order chi connectivity index (χ0) is 15.7. The fraction of sp³-hybridized carbons (Fsp3) is 0.389. The van der Waals surface area contributed by atoms with E-state index < -0.39 is 0 Å². The van der Waals surface area contributed by atoms with Crippen molar-refractivity contribution in [2.24, 2.45) is 0 Å². The van der Waals surface area contributed by atoms with Gasteiger partial charge in [0.25, 0.3) is 5.91 Å². The van der Waals surface area contributed by atoms with E-state index >= 15 is 0 Å². The van der Waals surface area contributed by atoms with Gasteiger partial charge >= 0.3 is 0 Å². The molecule has 1 aromatic carbocycles. The molecule has 0 spiro atoms. The topological polar surface area (TPSA) is 46.1 Å². The average molecular weight is 295 g/mol. The molecule has 2 heterocycles. The molecule has 0 aliphatic carbocycles. The normalized spacial score (nSPS) is 20.1. The van der Waals surface area contributed by atoms with Gasteiger partial charge in [-0.25, -0.2) is 9.97 Å². The van der Waals surface area contributed by atoms with Gasteiger partial charge in [0.15, 0.2) is 0 Å². The highest BCUT2D eigenvalue weighted by molar-refractivity contribution is 5.93. The Balaban J connectivity index is 1.89. The van der Waals surface area contributed by atoms with E-state index in [1.807, 2.05) is 17.9 Å². The number of hydrogen-bond acceptors (Lipinski definition) is 3. The lowest BCUT2D eigenvalue weighted by atomic mass is 9.82. The zero-order valence-electron chi connectivity index (χ0n) is 13.3. The summed E-state index contributed by atoms with van der Waals surface area (Å²) >= 11 is 0. The Labute approximate surface area is 131 Å². The van der Waals surface area contributed by atoms with Crippen LogP contribution in [0, 0.1) is 6.92 Å². The van der Waals surface area contributed by atoms with E-state index in [0.29, 0.717) is 11.6 Å². The van der Waals surface area contributed by atoms with Gasteiger partial charge in [0, 0.05) is 23.7 Å². The third-order valence-electron chi connectivity index (χ3n) is 4.66. The van der Waals surface area contributed by atoms with Crippen molar-refractivity contribution in [2.75, 3.05) is 6.54 Å². The molecule has 1 fully saturated rings. The van der Waals surface area contributed by atoms with E-state index in [1.165, 1.54) is 11.9 Å². The number of hydrogen-bond donors (Lipinski definition) is 0. The van der Waals surface area contributed by atoms with Crippen LogP contribution < -0.4 is 0 Å². The predicted molar refractivity (Wildman–Crippen MR) is 85.7 cm³/mol. The summed E-state index contributed by atoms with van der Waals surface area (Å²) < 4.78 is 0. The second-order valence-electron chi connectivity index (χ2n) is 6.41. The summed E-state index contributed by atoms with van der Waals surface area (Å²) in [6.45, 7) is 6.92. The van der Waals surface area contributed by atoms with Gasteiger partial charge in [0.05, 0.1) is 0 Å². The molecule has 0 bridgehead atoms. The van der Waals surface area contributed by atoms with Crippen molar-refractivity contribution in [3.8, 4) is 0 Å². The summed E-state index contributed by atoms with van der Waals surface area (Å²) in [5, 5.41) is 0. The molecule has 114 valence electrons. The summed E-state index contributed by atoms with van der Waals surface area (Å²) in [7, 11) is 0. The molecule has 1 aliphatic heterocycles. The maximum Gasteiger partial charge on any atom is 0.273 e. The van der Waals surface area contributed by atoms with E-state index in [0.717, 1.165) is 18.7 Å². The molecule has 2 aromatic rings. The van der Waals surface area contributed by atoms with E-state index in [1.54, 1.807) is 6.07 Å². The maximum absolute atomic E-state index is 12.8. The number of benzene rings is 1. The number of rotatable bonds is 2. The van der Waals surface area contributed by atoms with Gasteiger partial charge in [0.1, 0.15) is 12.0 Å². The first-order valence-electron chi connectivity index (χ1n) is 7.65. The van der Waals surface area contributed by atoms with E-state index in [-0.39, 0.29) is 11.4 Å². The van der Waals surface area contributed by atoms with Gasteiger partial charge in [-0.2, -0.15) is 0 Å². The number of aromatic nitrogens is 2. The highest BCUT2D eigenvalue weighted by Gasteiger charge is 2.44. The van der Waals surface area contributed by atoms with Crippen LogP contribution in [0.3, 0.4) is 0 Å². The lowest BCUT2D eigenvalue weighted by Crippen LogP contribution is -2.45. The monoisotopic (exact) mass is 295 g/mol. The van der Waals surface area contributed by atoms with Crippen molar-refractivity contribution in [1.82, 2.24) is 14.9 Å². The van der Waals surface area contributed by atoms with Crippen LogP contribution in [-0.2, 0) is 0 Å². The molecule has 1 saturated heterocycles. The van der Waals surface area contributed by atoms with Crippen molar-refractivity contribution < 1.29 is 4.79 Å². The predicted octanol–water partition coefficient (Wildman–Crippen LogP) is 3.19. The largest absolute Gasteiger partial charge is 0.332 e. The van der Waals surface area contributed by atoms with Crippen molar-refractivity contribution in [2.45, 2.75) is 38.6 Å². The Hall–Kier alpha value is -2.23. The zero-order valence-corrected chi connectivity index (χ0v) is 13.3. The van der Waals surface area contributed by atoms with E-state index in [9.17, 15) is 4.79 Å². The number of carbonyl (C=O) groups is 1. The van der Waals surface area contributed by atoms with Crippen molar-refractivity contribution in [3.05, 3.63) is 59.7 Å². The Morgan fingerprint density at radius 1 is 1.23 bits per heavy atom. The van der Waals surface area contributed by atoms with Gasteiger partial charge in [-0.05, 0) is 38.8 Å². The van der Waals surface area contributed by atoms with Crippen LogP contribution in [0.5, 0.6) is 0 Å². The Morgan fingerprint density at radius 3 is 2.64 bits per heavy atom. The van der Waals surface area contributed by atoms with Crippen LogP contribution in [0.15, 0.2) is 42.7 Å². The minimum Gasteiger partial charge on any atom is -0.332 e. The van der Waals surface area contributed by atoms with Gasteiger partial charge < -0.3 is 4.90 Å². The molecule has 1 aliphatic rings. The molecule has 0 N–H and O–H groups in total. The standard InChI is InChI=1S/C18H21N3O/c1-13-11-16(20-12-19-13)17(22)21-10-9-15(18(21,2)3)14-7-5-4-6-8-14/h4-8,11-12,15H,9-10H2,1-3H3. The van der Waals surface area contributed by atoms with Gasteiger partial charge in [-0.15, -0.1) is 0 Å². The Kier molecular flexibility index (Phi) is 3.69. The minimum absolute atomic E-state index is 0.00562. The number of amides is 1. The molecule has 1 aromatic heterocycles. The first-order valence-corrected chi connectivity index (χ1v) is 7.65. The molecule has 1 unspecified atom stereocenters. The minimum atomic E-state index is -0.225. The Morgan fingerprint density at radius 2 is 1.95 bits per heavy atom. The summed E-state index contributed by atoms with van der Waals surface area (Å²) in [6, 6.07) is 12.2. The lowest BCUT2D eigenvalue weighted by Gasteiger charge is -2.36. The third-order valence-corrected chi connectivity index (χ3v) is 4.66. The van der Waals surface area contributed by atoms with Crippen LogP contribution in [0.1, 0.15) is 47.9 Å². The quantitative estimate of drug-likeness (QED) is 0.854. The molecule has 0 saturated carbocycles. The first-order chi connectivity index (χ1) is 10.5. The van der Waals surface area contributed by atoms with Crippen LogP contribution in [0.4, 0.5) is 0 Å². The second-order valence-corrected chi connectivity index (χ2v) is 6.41. The molecule has 4 heteroatoms. The fourth-order valence-electron chi connectivity index (χ4n) is 3.42.